The number of amides is 2. The number of aldehydes is 1. The summed E-state index contributed by atoms with van der Waals surface area (Å²) in [6.45, 7) is 2.39. The van der Waals surface area contributed by atoms with Gasteiger partial charge in [0.25, 0.3) is 0 Å². The third-order valence-corrected chi connectivity index (χ3v) is 5.25. The van der Waals surface area contributed by atoms with Crippen LogP contribution in [-0.4, -0.2) is 54.7 Å². The molecule has 0 aromatic carbocycles. The molecule has 1 saturated heterocycles. The topological polar surface area (TPSA) is 78.5 Å². The lowest BCUT2D eigenvalue weighted by Gasteiger charge is -2.34. The molecule has 1 aliphatic heterocycles. The number of likely N-dealkylation sites (N-methyl/N-ethyl adjacent to an activating group) is 1. The summed E-state index contributed by atoms with van der Waals surface area (Å²) in [7, 11) is 1.73. The van der Waals surface area contributed by atoms with Crippen molar-refractivity contribution in [3.63, 3.8) is 0 Å². The second-order valence-electron chi connectivity index (χ2n) is 6.77. The summed E-state index contributed by atoms with van der Waals surface area (Å²) in [5, 5.41) is 5.86. The number of hydrogen-bond donors (Lipinski definition) is 2. The van der Waals surface area contributed by atoms with Gasteiger partial charge in [-0.3, -0.25) is 9.59 Å². The van der Waals surface area contributed by atoms with Crippen LogP contribution in [0.4, 0.5) is 0 Å². The van der Waals surface area contributed by atoms with Crippen molar-refractivity contribution in [3.8, 4) is 0 Å². The van der Waals surface area contributed by atoms with E-state index >= 15 is 0 Å². The molecule has 1 aliphatic carbocycles. The molecule has 0 aromatic heterocycles. The van der Waals surface area contributed by atoms with Crippen LogP contribution in [0, 0.1) is 5.92 Å². The van der Waals surface area contributed by atoms with E-state index in [1.165, 1.54) is 6.42 Å². The van der Waals surface area contributed by atoms with Crippen molar-refractivity contribution in [2.24, 2.45) is 5.92 Å². The monoisotopic (exact) mass is 323 g/mol. The van der Waals surface area contributed by atoms with Gasteiger partial charge >= 0.3 is 0 Å². The highest BCUT2D eigenvalue weighted by Gasteiger charge is 2.38. The minimum Gasteiger partial charge on any atom is -0.343 e. The molecular weight excluding hydrogens is 294 g/mol. The second kappa shape index (κ2) is 8.43. The Morgan fingerprint density at radius 2 is 1.83 bits per heavy atom. The van der Waals surface area contributed by atoms with Crippen molar-refractivity contribution in [1.82, 2.24) is 15.5 Å². The van der Waals surface area contributed by atoms with Gasteiger partial charge in [0.15, 0.2) is 0 Å². The summed E-state index contributed by atoms with van der Waals surface area (Å²) in [5.41, 5.74) is 0. The largest absolute Gasteiger partial charge is 0.343 e. The van der Waals surface area contributed by atoms with E-state index in [0.717, 1.165) is 44.8 Å². The summed E-state index contributed by atoms with van der Waals surface area (Å²) in [5.74, 6) is -0.0569. The molecule has 0 aromatic rings. The molecule has 6 nitrogen and oxygen atoms in total. The van der Waals surface area contributed by atoms with Crippen LogP contribution in [0.15, 0.2) is 0 Å². The Bertz CT molecular complexity index is 435. The molecule has 130 valence electrons. The zero-order chi connectivity index (χ0) is 16.8. The van der Waals surface area contributed by atoms with Crippen molar-refractivity contribution in [3.05, 3.63) is 0 Å². The number of nitrogens with zero attached hydrogens (tertiary/aromatic N) is 1. The van der Waals surface area contributed by atoms with Crippen LogP contribution in [0.5, 0.6) is 0 Å². The van der Waals surface area contributed by atoms with Gasteiger partial charge < -0.3 is 20.3 Å². The number of carbonyl (C=O) groups is 3. The zero-order valence-electron chi connectivity index (χ0n) is 14.2. The summed E-state index contributed by atoms with van der Waals surface area (Å²) >= 11 is 0. The molecule has 2 rings (SSSR count). The highest BCUT2D eigenvalue weighted by molar-refractivity contribution is 5.91. The van der Waals surface area contributed by atoms with Crippen molar-refractivity contribution in [2.75, 3.05) is 13.6 Å². The first-order valence-electron chi connectivity index (χ1n) is 8.82. The van der Waals surface area contributed by atoms with Gasteiger partial charge in [0.2, 0.25) is 11.8 Å². The van der Waals surface area contributed by atoms with Crippen LogP contribution in [0.3, 0.4) is 0 Å². The van der Waals surface area contributed by atoms with E-state index in [-0.39, 0.29) is 29.8 Å². The lowest BCUT2D eigenvalue weighted by Crippen LogP contribution is -2.56. The molecule has 1 unspecified atom stereocenters. The number of carbonyl (C=O) groups excluding carboxylic acids is 3. The Morgan fingerprint density at radius 1 is 1.13 bits per heavy atom. The molecule has 6 heteroatoms. The fourth-order valence-corrected chi connectivity index (χ4v) is 3.64. The molecule has 0 radical (unpaired) electrons. The van der Waals surface area contributed by atoms with E-state index < -0.39 is 6.04 Å². The van der Waals surface area contributed by atoms with Crippen molar-refractivity contribution < 1.29 is 14.4 Å². The van der Waals surface area contributed by atoms with E-state index in [2.05, 4.69) is 10.6 Å². The summed E-state index contributed by atoms with van der Waals surface area (Å²) in [6.07, 6.45) is 7.77. The predicted octanol–water partition coefficient (Wildman–Crippen LogP) is 0.849. The van der Waals surface area contributed by atoms with E-state index in [1.807, 2.05) is 0 Å². The van der Waals surface area contributed by atoms with Gasteiger partial charge in [-0.25, -0.2) is 0 Å². The molecule has 1 heterocycles. The molecule has 2 amide bonds. The second-order valence-corrected chi connectivity index (χ2v) is 6.77. The van der Waals surface area contributed by atoms with Gasteiger partial charge in [0, 0.05) is 6.54 Å². The quantitative estimate of drug-likeness (QED) is 0.710. The van der Waals surface area contributed by atoms with Crippen LogP contribution in [0.1, 0.15) is 51.9 Å². The van der Waals surface area contributed by atoms with E-state index in [1.54, 1.807) is 18.9 Å². The minimum absolute atomic E-state index is 0.0804. The Labute approximate surface area is 138 Å². The number of rotatable bonds is 6. The van der Waals surface area contributed by atoms with Crippen molar-refractivity contribution in [1.29, 1.82) is 0 Å². The number of hydrogen-bond acceptors (Lipinski definition) is 4. The SMILES string of the molecule is CN[C@@H](C)C(=O)N[C@H](C(=O)N1CCCC1C=O)C1CCCCC1. The standard InChI is InChI=1S/C17H29N3O3/c1-12(18-2)16(22)19-15(13-7-4-3-5-8-13)17(23)20-10-6-9-14(20)11-21/h11-15,18H,3-10H2,1-2H3,(H,19,22)/t12-,14?,15-/m0/s1. The average Bonchev–Trinajstić information content (AvgIpc) is 3.07. The highest BCUT2D eigenvalue weighted by atomic mass is 16.2. The molecule has 2 aliphatic rings. The fraction of sp³-hybridized carbons (Fsp3) is 0.824. The lowest BCUT2D eigenvalue weighted by atomic mass is 9.83. The smallest absolute Gasteiger partial charge is 0.246 e. The number of likely N-dealkylation sites (tertiary alicyclic amines) is 1. The van der Waals surface area contributed by atoms with Gasteiger partial charge in [0.05, 0.1) is 12.1 Å². The first-order valence-corrected chi connectivity index (χ1v) is 8.82. The minimum atomic E-state index is -0.501. The maximum Gasteiger partial charge on any atom is 0.246 e. The number of nitrogens with one attached hydrogen (secondary N) is 2. The molecule has 23 heavy (non-hydrogen) atoms. The molecule has 0 spiro atoms. The van der Waals surface area contributed by atoms with E-state index in [9.17, 15) is 14.4 Å². The van der Waals surface area contributed by atoms with Gasteiger partial charge in [0.1, 0.15) is 12.3 Å². The van der Waals surface area contributed by atoms with Crippen molar-refractivity contribution in [2.45, 2.75) is 70.0 Å². The molecule has 1 saturated carbocycles. The molecular formula is C17H29N3O3. The van der Waals surface area contributed by atoms with E-state index in [4.69, 9.17) is 0 Å². The predicted molar refractivity (Wildman–Crippen MR) is 87.8 cm³/mol. The Hall–Kier alpha value is -1.43. The van der Waals surface area contributed by atoms with Gasteiger partial charge in [-0.1, -0.05) is 19.3 Å². The lowest BCUT2D eigenvalue weighted by molar-refractivity contribution is -0.140. The van der Waals surface area contributed by atoms with Gasteiger partial charge in [-0.2, -0.15) is 0 Å². The maximum absolute atomic E-state index is 13.0. The first-order chi connectivity index (χ1) is 11.1. The van der Waals surface area contributed by atoms with E-state index in [0.29, 0.717) is 6.54 Å². The molecule has 3 atom stereocenters. The molecule has 2 N–H and O–H groups in total. The normalized spacial score (nSPS) is 25.0. The first kappa shape index (κ1) is 17.9. The summed E-state index contributed by atoms with van der Waals surface area (Å²) < 4.78 is 0. The Balaban J connectivity index is 2.12. The summed E-state index contributed by atoms with van der Waals surface area (Å²) in [4.78, 5) is 38.1. The third-order valence-electron chi connectivity index (χ3n) is 5.25. The van der Waals surface area contributed by atoms with Crippen molar-refractivity contribution >= 4 is 18.1 Å². The van der Waals surface area contributed by atoms with Crippen LogP contribution < -0.4 is 10.6 Å². The van der Waals surface area contributed by atoms with Crippen LogP contribution in [0.25, 0.3) is 0 Å². The highest BCUT2D eigenvalue weighted by Crippen LogP contribution is 2.29. The summed E-state index contributed by atoms with van der Waals surface area (Å²) in [6, 6.07) is -1.17. The van der Waals surface area contributed by atoms with Gasteiger partial charge in [-0.15, -0.1) is 0 Å². The average molecular weight is 323 g/mol. The fourth-order valence-electron chi connectivity index (χ4n) is 3.64. The molecule has 0 bridgehead atoms. The zero-order valence-corrected chi connectivity index (χ0v) is 14.2. The van der Waals surface area contributed by atoms with Crippen LogP contribution >= 0.6 is 0 Å². The Morgan fingerprint density at radius 3 is 2.43 bits per heavy atom. The van der Waals surface area contributed by atoms with Crippen LogP contribution in [-0.2, 0) is 14.4 Å². The molecule has 2 fully saturated rings. The Kier molecular flexibility index (Phi) is 6.57. The maximum atomic E-state index is 13.0. The third kappa shape index (κ3) is 4.31. The van der Waals surface area contributed by atoms with Crippen LogP contribution in [0.2, 0.25) is 0 Å². The van der Waals surface area contributed by atoms with Gasteiger partial charge in [-0.05, 0) is 45.6 Å².